The second kappa shape index (κ2) is 8.84. The third-order valence-corrected chi connectivity index (χ3v) is 3.98. The topological polar surface area (TPSA) is 80.8 Å². The molecule has 0 saturated carbocycles. The number of carbonyl (C=O) groups is 2. The van der Waals surface area contributed by atoms with Crippen LogP contribution in [0.2, 0.25) is 0 Å². The van der Waals surface area contributed by atoms with Crippen LogP contribution in [0.25, 0.3) is 0 Å². The number of hydrogen-bond acceptors (Lipinski definition) is 6. The monoisotopic (exact) mass is 355 g/mol. The van der Waals surface area contributed by atoms with E-state index in [0.717, 1.165) is 25.9 Å². The van der Waals surface area contributed by atoms with Gasteiger partial charge in [0.05, 0.1) is 0 Å². The molecule has 1 saturated heterocycles. The van der Waals surface area contributed by atoms with Crippen LogP contribution in [0.3, 0.4) is 0 Å². The van der Waals surface area contributed by atoms with E-state index in [9.17, 15) is 9.59 Å². The van der Waals surface area contributed by atoms with Gasteiger partial charge in [-0.05, 0) is 37.1 Å². The largest absolute Gasteiger partial charge is 0.458 e. The van der Waals surface area contributed by atoms with Crippen molar-refractivity contribution in [1.29, 1.82) is 0 Å². The SMILES string of the molecule is O=C(Nc1ccccc1)OCCOC(=O)c1cccnc1N1CCCC1. The Kier molecular flexibility index (Phi) is 6.03. The number of carbonyl (C=O) groups excluding carboxylic acids is 2. The van der Waals surface area contributed by atoms with Gasteiger partial charge < -0.3 is 14.4 Å². The van der Waals surface area contributed by atoms with Crippen molar-refractivity contribution in [3.63, 3.8) is 0 Å². The fourth-order valence-corrected chi connectivity index (χ4v) is 2.76. The van der Waals surface area contributed by atoms with E-state index < -0.39 is 12.1 Å². The quantitative estimate of drug-likeness (QED) is 0.633. The fourth-order valence-electron chi connectivity index (χ4n) is 2.76. The maximum Gasteiger partial charge on any atom is 0.411 e. The van der Waals surface area contributed by atoms with Crippen molar-refractivity contribution in [1.82, 2.24) is 4.98 Å². The van der Waals surface area contributed by atoms with Crippen molar-refractivity contribution in [2.45, 2.75) is 12.8 Å². The van der Waals surface area contributed by atoms with Crippen molar-refractivity contribution < 1.29 is 19.1 Å². The third kappa shape index (κ3) is 4.72. The first-order valence-electron chi connectivity index (χ1n) is 8.60. The summed E-state index contributed by atoms with van der Waals surface area (Å²) >= 11 is 0. The average Bonchev–Trinajstić information content (AvgIpc) is 3.20. The Hall–Kier alpha value is -3.09. The molecule has 1 aromatic heterocycles. The highest BCUT2D eigenvalue weighted by Crippen LogP contribution is 2.22. The van der Waals surface area contributed by atoms with Gasteiger partial charge in [0.15, 0.2) is 0 Å². The Morgan fingerprint density at radius 1 is 1.00 bits per heavy atom. The van der Waals surface area contributed by atoms with Gasteiger partial charge in [-0.3, -0.25) is 5.32 Å². The molecule has 0 unspecified atom stereocenters. The van der Waals surface area contributed by atoms with Crippen LogP contribution in [0.15, 0.2) is 48.7 Å². The summed E-state index contributed by atoms with van der Waals surface area (Å²) in [7, 11) is 0. The third-order valence-electron chi connectivity index (χ3n) is 3.98. The molecule has 1 aliphatic heterocycles. The number of rotatable bonds is 6. The Morgan fingerprint density at radius 3 is 2.50 bits per heavy atom. The molecule has 0 atom stereocenters. The molecule has 1 amide bonds. The van der Waals surface area contributed by atoms with Gasteiger partial charge in [-0.2, -0.15) is 0 Å². The lowest BCUT2D eigenvalue weighted by atomic mass is 10.2. The van der Waals surface area contributed by atoms with Gasteiger partial charge >= 0.3 is 12.1 Å². The van der Waals surface area contributed by atoms with Gasteiger partial charge in [0.2, 0.25) is 0 Å². The second-order valence-electron chi connectivity index (χ2n) is 5.83. The van der Waals surface area contributed by atoms with Crippen LogP contribution < -0.4 is 10.2 Å². The number of nitrogens with zero attached hydrogens (tertiary/aromatic N) is 2. The standard InChI is InChI=1S/C19H21N3O4/c23-18(16-9-6-10-20-17(16)22-11-4-5-12-22)25-13-14-26-19(24)21-15-7-2-1-3-8-15/h1-3,6-10H,4-5,11-14H2,(H,21,24). The molecule has 2 aromatic rings. The van der Waals surface area contributed by atoms with Crippen molar-refractivity contribution in [2.24, 2.45) is 0 Å². The first-order chi connectivity index (χ1) is 12.7. The molecule has 7 heteroatoms. The number of aromatic nitrogens is 1. The van der Waals surface area contributed by atoms with E-state index >= 15 is 0 Å². The van der Waals surface area contributed by atoms with E-state index in [2.05, 4.69) is 15.2 Å². The smallest absolute Gasteiger partial charge is 0.411 e. The normalized spacial score (nSPS) is 13.3. The number of nitrogens with one attached hydrogen (secondary N) is 1. The molecule has 136 valence electrons. The summed E-state index contributed by atoms with van der Waals surface area (Å²) in [5.74, 6) is 0.185. The van der Waals surface area contributed by atoms with Gasteiger partial charge in [0.25, 0.3) is 0 Å². The minimum absolute atomic E-state index is 0.0185. The zero-order valence-electron chi connectivity index (χ0n) is 14.4. The number of ether oxygens (including phenoxy) is 2. The number of hydrogen-bond donors (Lipinski definition) is 1. The van der Waals surface area contributed by atoms with Crippen LogP contribution in [0, 0.1) is 0 Å². The molecule has 0 radical (unpaired) electrons. The lowest BCUT2D eigenvalue weighted by molar-refractivity contribution is 0.0412. The van der Waals surface area contributed by atoms with Crippen LogP contribution in [0.5, 0.6) is 0 Å². The zero-order valence-corrected chi connectivity index (χ0v) is 14.4. The summed E-state index contributed by atoms with van der Waals surface area (Å²) in [6, 6.07) is 12.4. The zero-order chi connectivity index (χ0) is 18.2. The molecule has 1 fully saturated rings. The fraction of sp³-hybridized carbons (Fsp3) is 0.316. The van der Waals surface area contributed by atoms with Crippen LogP contribution in [0.1, 0.15) is 23.2 Å². The minimum atomic E-state index is -0.591. The summed E-state index contributed by atoms with van der Waals surface area (Å²) < 4.78 is 10.2. The second-order valence-corrected chi connectivity index (χ2v) is 5.83. The van der Waals surface area contributed by atoms with Crippen LogP contribution in [-0.4, -0.2) is 43.3 Å². The Morgan fingerprint density at radius 2 is 1.73 bits per heavy atom. The number of pyridine rings is 1. The average molecular weight is 355 g/mol. The van der Waals surface area contributed by atoms with E-state index in [4.69, 9.17) is 9.47 Å². The van der Waals surface area contributed by atoms with Crippen LogP contribution in [0.4, 0.5) is 16.3 Å². The highest BCUT2D eigenvalue weighted by molar-refractivity contribution is 5.94. The maximum absolute atomic E-state index is 12.3. The van der Waals surface area contributed by atoms with E-state index in [-0.39, 0.29) is 13.2 Å². The molecule has 3 rings (SSSR count). The molecule has 1 N–H and O–H groups in total. The summed E-state index contributed by atoms with van der Waals surface area (Å²) in [5.41, 5.74) is 1.07. The first kappa shape index (κ1) is 17.7. The molecular weight excluding hydrogens is 334 g/mol. The van der Waals surface area contributed by atoms with E-state index in [1.807, 2.05) is 18.2 Å². The van der Waals surface area contributed by atoms with Gasteiger partial charge in [0.1, 0.15) is 24.6 Å². The molecule has 1 aromatic carbocycles. The molecule has 1 aliphatic rings. The minimum Gasteiger partial charge on any atom is -0.458 e. The molecule has 0 spiro atoms. The Bertz CT molecular complexity index is 745. The van der Waals surface area contributed by atoms with Crippen molar-refractivity contribution in [2.75, 3.05) is 36.5 Å². The van der Waals surface area contributed by atoms with E-state index in [1.165, 1.54) is 0 Å². The Balaban J connectivity index is 1.45. The molecular formula is C19H21N3O4. The van der Waals surface area contributed by atoms with Crippen molar-refractivity contribution in [3.8, 4) is 0 Å². The van der Waals surface area contributed by atoms with Crippen molar-refractivity contribution in [3.05, 3.63) is 54.2 Å². The summed E-state index contributed by atoms with van der Waals surface area (Å²) in [4.78, 5) is 30.4. The Labute approximate surface area is 151 Å². The number of para-hydroxylation sites is 1. The van der Waals surface area contributed by atoms with Crippen molar-refractivity contribution >= 4 is 23.6 Å². The van der Waals surface area contributed by atoms with E-state index in [0.29, 0.717) is 17.1 Å². The number of amides is 1. The summed E-state index contributed by atoms with van der Waals surface area (Å²) in [6.45, 7) is 1.74. The molecule has 2 heterocycles. The number of esters is 1. The molecule has 0 aliphatic carbocycles. The predicted octanol–water partition coefficient (Wildman–Crippen LogP) is 3.09. The highest BCUT2D eigenvalue weighted by Gasteiger charge is 2.21. The van der Waals surface area contributed by atoms with Crippen LogP contribution >= 0.6 is 0 Å². The van der Waals surface area contributed by atoms with Gasteiger partial charge in [-0.1, -0.05) is 18.2 Å². The highest BCUT2D eigenvalue weighted by atomic mass is 16.6. The van der Waals surface area contributed by atoms with E-state index in [1.54, 1.807) is 30.5 Å². The van der Waals surface area contributed by atoms with Gasteiger partial charge in [-0.25, -0.2) is 14.6 Å². The molecule has 0 bridgehead atoms. The predicted molar refractivity (Wildman–Crippen MR) is 97.4 cm³/mol. The number of anilines is 2. The summed E-state index contributed by atoms with van der Waals surface area (Å²) in [5, 5.41) is 2.59. The maximum atomic E-state index is 12.3. The number of benzene rings is 1. The first-order valence-corrected chi connectivity index (χ1v) is 8.60. The van der Waals surface area contributed by atoms with Gasteiger partial charge in [0, 0.05) is 25.0 Å². The van der Waals surface area contributed by atoms with Gasteiger partial charge in [-0.15, -0.1) is 0 Å². The molecule has 26 heavy (non-hydrogen) atoms. The molecule has 7 nitrogen and oxygen atoms in total. The summed E-state index contributed by atoms with van der Waals surface area (Å²) in [6.07, 6.45) is 3.26. The lowest BCUT2D eigenvalue weighted by Crippen LogP contribution is -2.23. The van der Waals surface area contributed by atoms with Crippen LogP contribution in [-0.2, 0) is 9.47 Å². The lowest BCUT2D eigenvalue weighted by Gasteiger charge is -2.18.